The number of alkyl carbamates (subject to hydrolysis) is 1. The number of hydrogen-bond acceptors (Lipinski definition) is 6. The second-order valence-electron chi connectivity index (χ2n) is 12.2. The number of nitrogens with one attached hydrogen (secondary N) is 1. The summed E-state index contributed by atoms with van der Waals surface area (Å²) in [5, 5.41) is 2.79. The van der Waals surface area contributed by atoms with Crippen LogP contribution < -0.4 is 10.1 Å². The van der Waals surface area contributed by atoms with E-state index < -0.39 is 19.8 Å². The molecule has 3 heterocycles. The summed E-state index contributed by atoms with van der Waals surface area (Å²) in [6, 6.07) is 17.4. The molecule has 0 saturated carbocycles. The lowest BCUT2D eigenvalue weighted by atomic mass is 10.0. The van der Waals surface area contributed by atoms with Gasteiger partial charge in [-0.25, -0.2) is 4.79 Å². The van der Waals surface area contributed by atoms with Crippen molar-refractivity contribution >= 4 is 25.2 Å². The van der Waals surface area contributed by atoms with Crippen molar-refractivity contribution in [3.8, 4) is 28.1 Å². The third-order valence-corrected chi connectivity index (χ3v) is 8.09. The van der Waals surface area contributed by atoms with Crippen molar-refractivity contribution in [2.45, 2.75) is 65.2 Å². The monoisotopic (exact) mass is 574 g/mol. The van der Waals surface area contributed by atoms with E-state index >= 15 is 0 Å². The highest BCUT2D eigenvalue weighted by Crippen LogP contribution is 2.43. The SMILES string of the molecule is CC(C)(C)OC(=O)NCCCOc1cnccc1-c1c(-c2ccccc2)c2ncccc2n1COCC[Si](C)(C)C. The smallest absolute Gasteiger partial charge is 0.407 e. The van der Waals surface area contributed by atoms with E-state index in [-0.39, 0.29) is 0 Å². The largest absolute Gasteiger partial charge is 0.491 e. The summed E-state index contributed by atoms with van der Waals surface area (Å²) < 4.78 is 20.1. The molecular formula is C32H42N4O4Si. The molecule has 4 aromatic rings. The van der Waals surface area contributed by atoms with Crippen LogP contribution in [0, 0.1) is 0 Å². The number of rotatable bonds is 12. The number of carbonyl (C=O) groups is 1. The highest BCUT2D eigenvalue weighted by molar-refractivity contribution is 6.76. The maximum atomic E-state index is 12.0. The van der Waals surface area contributed by atoms with Crippen LogP contribution in [-0.2, 0) is 16.2 Å². The topological polar surface area (TPSA) is 87.5 Å². The van der Waals surface area contributed by atoms with Crippen molar-refractivity contribution < 1.29 is 19.0 Å². The van der Waals surface area contributed by atoms with Gasteiger partial charge in [0.25, 0.3) is 0 Å². The van der Waals surface area contributed by atoms with Gasteiger partial charge in [0, 0.05) is 44.7 Å². The average molecular weight is 575 g/mol. The molecule has 1 N–H and O–H groups in total. The summed E-state index contributed by atoms with van der Waals surface area (Å²) in [4.78, 5) is 21.2. The van der Waals surface area contributed by atoms with Crippen LogP contribution in [-0.4, -0.2) is 54.1 Å². The van der Waals surface area contributed by atoms with Crippen LogP contribution in [0.1, 0.15) is 27.2 Å². The lowest BCUT2D eigenvalue weighted by molar-refractivity contribution is 0.0525. The molecule has 0 aliphatic heterocycles. The first kappa shape index (κ1) is 30.3. The van der Waals surface area contributed by atoms with Gasteiger partial charge in [-0.3, -0.25) is 9.97 Å². The predicted molar refractivity (Wildman–Crippen MR) is 167 cm³/mol. The molecule has 0 aliphatic carbocycles. The van der Waals surface area contributed by atoms with Gasteiger partial charge in [-0.1, -0.05) is 50.0 Å². The first-order valence-corrected chi connectivity index (χ1v) is 17.9. The number of amides is 1. The third kappa shape index (κ3) is 8.40. The van der Waals surface area contributed by atoms with Gasteiger partial charge in [0.1, 0.15) is 18.1 Å². The van der Waals surface area contributed by atoms with Crippen molar-refractivity contribution in [2.24, 2.45) is 0 Å². The first-order valence-electron chi connectivity index (χ1n) is 14.2. The number of carbonyl (C=O) groups excluding carboxylic acids is 1. The number of ether oxygens (including phenoxy) is 3. The van der Waals surface area contributed by atoms with Crippen molar-refractivity contribution in [1.29, 1.82) is 0 Å². The third-order valence-electron chi connectivity index (χ3n) is 6.39. The van der Waals surface area contributed by atoms with E-state index in [4.69, 9.17) is 19.2 Å². The molecule has 0 spiro atoms. The van der Waals surface area contributed by atoms with E-state index in [9.17, 15) is 4.79 Å². The van der Waals surface area contributed by atoms with Crippen LogP contribution in [0.3, 0.4) is 0 Å². The molecule has 0 fully saturated rings. The second-order valence-corrected chi connectivity index (χ2v) is 17.9. The highest BCUT2D eigenvalue weighted by Gasteiger charge is 2.24. The Balaban J connectivity index is 1.65. The number of hydrogen-bond donors (Lipinski definition) is 1. The highest BCUT2D eigenvalue weighted by atomic mass is 28.3. The van der Waals surface area contributed by atoms with Gasteiger partial charge in [0.05, 0.1) is 29.5 Å². The number of fused-ring (bicyclic) bond motifs is 1. The fourth-order valence-electron chi connectivity index (χ4n) is 4.45. The van der Waals surface area contributed by atoms with E-state index in [1.807, 2.05) is 57.3 Å². The van der Waals surface area contributed by atoms with Crippen LogP contribution in [0.4, 0.5) is 4.79 Å². The maximum Gasteiger partial charge on any atom is 0.407 e. The molecule has 3 aromatic heterocycles. The van der Waals surface area contributed by atoms with Gasteiger partial charge in [-0.15, -0.1) is 0 Å². The Morgan fingerprint density at radius 1 is 1.00 bits per heavy atom. The first-order chi connectivity index (χ1) is 19.5. The van der Waals surface area contributed by atoms with E-state index in [0.717, 1.165) is 39.5 Å². The second kappa shape index (κ2) is 13.3. The molecule has 4 rings (SSSR count). The van der Waals surface area contributed by atoms with Crippen LogP contribution in [0.2, 0.25) is 25.7 Å². The lowest BCUT2D eigenvalue weighted by Gasteiger charge is -2.20. The number of benzene rings is 1. The van der Waals surface area contributed by atoms with Crippen LogP contribution in [0.25, 0.3) is 33.4 Å². The number of pyridine rings is 2. The Hall–Kier alpha value is -3.69. The molecule has 0 unspecified atom stereocenters. The zero-order chi connectivity index (χ0) is 29.5. The Morgan fingerprint density at radius 2 is 1.78 bits per heavy atom. The molecule has 218 valence electrons. The van der Waals surface area contributed by atoms with Gasteiger partial charge in [-0.2, -0.15) is 0 Å². The molecule has 0 bridgehead atoms. The van der Waals surface area contributed by atoms with Gasteiger partial charge < -0.3 is 24.1 Å². The minimum absolute atomic E-state index is 0.399. The molecule has 41 heavy (non-hydrogen) atoms. The molecule has 1 aromatic carbocycles. The van der Waals surface area contributed by atoms with Crippen LogP contribution >= 0.6 is 0 Å². The van der Waals surface area contributed by atoms with Gasteiger partial charge in [0.15, 0.2) is 0 Å². The summed E-state index contributed by atoms with van der Waals surface area (Å²) in [6.45, 7) is 14.5. The predicted octanol–water partition coefficient (Wildman–Crippen LogP) is 7.37. The lowest BCUT2D eigenvalue weighted by Crippen LogP contribution is -2.33. The van der Waals surface area contributed by atoms with Crippen molar-refractivity contribution in [2.75, 3.05) is 19.8 Å². The molecule has 0 radical (unpaired) electrons. The number of nitrogens with zero attached hydrogens (tertiary/aromatic N) is 3. The zero-order valence-corrected chi connectivity index (χ0v) is 26.1. The van der Waals surface area contributed by atoms with Gasteiger partial charge >= 0.3 is 6.09 Å². The Bertz CT molecular complexity index is 1440. The Kier molecular flexibility index (Phi) is 9.83. The molecule has 0 atom stereocenters. The van der Waals surface area contributed by atoms with Crippen molar-refractivity contribution in [3.63, 3.8) is 0 Å². The van der Waals surface area contributed by atoms with Crippen molar-refractivity contribution in [3.05, 3.63) is 67.1 Å². The fraction of sp³-hybridized carbons (Fsp3) is 0.406. The Morgan fingerprint density at radius 3 is 2.51 bits per heavy atom. The van der Waals surface area contributed by atoms with E-state index in [1.165, 1.54) is 0 Å². The molecule has 0 saturated heterocycles. The summed E-state index contributed by atoms with van der Waals surface area (Å²) in [5.41, 5.74) is 5.35. The average Bonchev–Trinajstić information content (AvgIpc) is 3.24. The van der Waals surface area contributed by atoms with Crippen molar-refractivity contribution in [1.82, 2.24) is 19.9 Å². The van der Waals surface area contributed by atoms with Crippen LogP contribution in [0.15, 0.2) is 67.1 Å². The van der Waals surface area contributed by atoms with E-state index in [0.29, 0.717) is 38.7 Å². The maximum absolute atomic E-state index is 12.0. The van der Waals surface area contributed by atoms with E-state index in [2.05, 4.69) is 52.7 Å². The summed E-state index contributed by atoms with van der Waals surface area (Å²) >= 11 is 0. The minimum Gasteiger partial charge on any atom is -0.491 e. The summed E-state index contributed by atoms with van der Waals surface area (Å²) in [5.74, 6) is 0.660. The molecular weight excluding hydrogens is 532 g/mol. The van der Waals surface area contributed by atoms with Gasteiger partial charge in [0.2, 0.25) is 0 Å². The molecule has 8 nitrogen and oxygen atoms in total. The summed E-state index contributed by atoms with van der Waals surface area (Å²) in [7, 11) is -1.23. The normalized spacial score (nSPS) is 12.0. The molecule has 1 amide bonds. The summed E-state index contributed by atoms with van der Waals surface area (Å²) in [6.07, 6.45) is 5.54. The van der Waals surface area contributed by atoms with Gasteiger partial charge in [-0.05, 0) is 57.0 Å². The van der Waals surface area contributed by atoms with E-state index in [1.54, 1.807) is 12.4 Å². The fourth-order valence-corrected chi connectivity index (χ4v) is 5.21. The van der Waals surface area contributed by atoms with Crippen LogP contribution in [0.5, 0.6) is 5.75 Å². The number of aromatic nitrogens is 3. The minimum atomic E-state index is -1.23. The molecule has 9 heteroatoms. The quantitative estimate of drug-likeness (QED) is 0.140. The molecule has 0 aliphatic rings. The zero-order valence-electron chi connectivity index (χ0n) is 25.1. The standard InChI is InChI=1S/C32H42N4O4Si/c1-32(2,3)40-31(37)35-17-11-19-39-27-22-33-18-15-25(27)30-28(24-12-8-7-9-13-24)29-26(14-10-16-34-29)36(30)23-38-20-21-41(4,5)6/h7-10,12-16,18,22H,11,17,19-21,23H2,1-6H3,(H,35,37). The Labute approximate surface area is 244 Å².